The van der Waals surface area contributed by atoms with Crippen LogP contribution in [0.4, 0.5) is 4.39 Å². The smallest absolute Gasteiger partial charge is 0.271 e. The Morgan fingerprint density at radius 1 is 1.33 bits per heavy atom. The van der Waals surface area contributed by atoms with Gasteiger partial charge in [0.05, 0.1) is 14.3 Å². The van der Waals surface area contributed by atoms with E-state index < -0.39 is 11.7 Å². The highest BCUT2D eigenvalue weighted by Gasteiger charge is 2.05. The highest BCUT2D eigenvalue weighted by atomic mass is 127. The van der Waals surface area contributed by atoms with Crippen molar-refractivity contribution in [3.63, 3.8) is 0 Å². The average molecular weight is 463 g/mol. The number of benzene rings is 2. The first-order chi connectivity index (χ1) is 9.97. The number of nitrogens with one attached hydrogen (secondary N) is 1. The number of halogens is 3. The van der Waals surface area contributed by atoms with Crippen LogP contribution in [-0.2, 0) is 0 Å². The molecular formula is C14H9BrFIN2O2. The quantitative estimate of drug-likeness (QED) is 0.415. The van der Waals surface area contributed by atoms with Gasteiger partial charge in [-0.1, -0.05) is 0 Å². The van der Waals surface area contributed by atoms with Crippen LogP contribution in [0.3, 0.4) is 0 Å². The standard InChI is InChI=1S/C14H9BrFIN2O2/c15-11-5-8(6-12(17)13(11)20)7-18-19-14(21)9-1-3-10(16)4-2-9/h1-7,20H,(H,19,21)/b18-7-. The summed E-state index contributed by atoms with van der Waals surface area (Å²) in [4.78, 5) is 11.7. The molecule has 0 aliphatic heterocycles. The van der Waals surface area contributed by atoms with E-state index in [9.17, 15) is 14.3 Å². The Labute approximate surface area is 142 Å². The average Bonchev–Trinajstić information content (AvgIpc) is 2.45. The van der Waals surface area contributed by atoms with Gasteiger partial charge in [0.15, 0.2) is 0 Å². The molecule has 0 saturated heterocycles. The lowest BCUT2D eigenvalue weighted by molar-refractivity contribution is 0.0955. The molecule has 0 aromatic heterocycles. The molecule has 0 aliphatic carbocycles. The molecule has 2 N–H and O–H groups in total. The topological polar surface area (TPSA) is 61.7 Å². The molecule has 2 aromatic carbocycles. The normalized spacial score (nSPS) is 10.8. The van der Waals surface area contributed by atoms with E-state index in [1.165, 1.54) is 30.5 Å². The Kier molecular flexibility index (Phi) is 5.29. The summed E-state index contributed by atoms with van der Waals surface area (Å²) in [7, 11) is 0. The van der Waals surface area contributed by atoms with Crippen molar-refractivity contribution in [1.82, 2.24) is 5.43 Å². The van der Waals surface area contributed by atoms with Crippen molar-refractivity contribution in [2.75, 3.05) is 0 Å². The molecule has 2 rings (SSSR count). The van der Waals surface area contributed by atoms with E-state index in [4.69, 9.17) is 0 Å². The third kappa shape index (κ3) is 4.24. The number of hydrogen-bond donors (Lipinski definition) is 2. The second kappa shape index (κ2) is 6.99. The molecule has 0 radical (unpaired) electrons. The van der Waals surface area contributed by atoms with E-state index >= 15 is 0 Å². The highest BCUT2D eigenvalue weighted by molar-refractivity contribution is 14.1. The van der Waals surface area contributed by atoms with Crippen LogP contribution >= 0.6 is 38.5 Å². The molecule has 7 heteroatoms. The van der Waals surface area contributed by atoms with Crippen molar-refractivity contribution in [3.05, 3.63) is 61.4 Å². The van der Waals surface area contributed by atoms with Crippen molar-refractivity contribution >= 4 is 50.6 Å². The zero-order chi connectivity index (χ0) is 15.4. The van der Waals surface area contributed by atoms with Crippen LogP contribution in [0.2, 0.25) is 0 Å². The number of phenols is 1. The summed E-state index contributed by atoms with van der Waals surface area (Å²) < 4.78 is 13.9. The first-order valence-electron chi connectivity index (χ1n) is 5.74. The van der Waals surface area contributed by atoms with Crippen molar-refractivity contribution in [2.45, 2.75) is 0 Å². The highest BCUT2D eigenvalue weighted by Crippen LogP contribution is 2.29. The van der Waals surface area contributed by atoms with Gasteiger partial charge in [-0.2, -0.15) is 5.10 Å². The second-order valence-corrected chi connectivity index (χ2v) is 6.06. The van der Waals surface area contributed by atoms with E-state index in [-0.39, 0.29) is 5.75 Å². The van der Waals surface area contributed by atoms with Crippen LogP contribution in [0.15, 0.2) is 46.0 Å². The Morgan fingerprint density at radius 2 is 2.00 bits per heavy atom. The molecular weight excluding hydrogens is 454 g/mol. The van der Waals surface area contributed by atoms with Crippen LogP contribution in [-0.4, -0.2) is 17.2 Å². The monoisotopic (exact) mass is 462 g/mol. The van der Waals surface area contributed by atoms with Crippen LogP contribution in [0.5, 0.6) is 5.75 Å². The number of carbonyl (C=O) groups excluding carboxylic acids is 1. The van der Waals surface area contributed by atoms with Crippen molar-refractivity contribution in [3.8, 4) is 5.75 Å². The summed E-state index contributed by atoms with van der Waals surface area (Å²) in [5, 5.41) is 13.4. The van der Waals surface area contributed by atoms with Crippen LogP contribution < -0.4 is 5.43 Å². The van der Waals surface area contributed by atoms with E-state index in [1.807, 2.05) is 22.6 Å². The molecule has 108 valence electrons. The molecule has 4 nitrogen and oxygen atoms in total. The van der Waals surface area contributed by atoms with Crippen molar-refractivity contribution in [2.24, 2.45) is 5.10 Å². The van der Waals surface area contributed by atoms with E-state index in [0.29, 0.717) is 19.2 Å². The van der Waals surface area contributed by atoms with Crippen LogP contribution in [0.25, 0.3) is 0 Å². The van der Waals surface area contributed by atoms with Gasteiger partial charge in [-0.05, 0) is 80.5 Å². The molecule has 21 heavy (non-hydrogen) atoms. The lowest BCUT2D eigenvalue weighted by Crippen LogP contribution is -2.17. The fourth-order valence-electron chi connectivity index (χ4n) is 1.49. The van der Waals surface area contributed by atoms with Gasteiger partial charge >= 0.3 is 0 Å². The summed E-state index contributed by atoms with van der Waals surface area (Å²) >= 11 is 5.21. The molecule has 0 saturated carbocycles. The number of aromatic hydroxyl groups is 1. The number of hydrogen-bond acceptors (Lipinski definition) is 3. The fraction of sp³-hybridized carbons (Fsp3) is 0. The third-order valence-corrected chi connectivity index (χ3v) is 3.95. The maximum atomic E-state index is 12.7. The second-order valence-electron chi connectivity index (χ2n) is 4.04. The number of rotatable bonds is 3. The third-order valence-electron chi connectivity index (χ3n) is 2.53. The molecule has 2 aromatic rings. The molecule has 0 fully saturated rings. The zero-order valence-electron chi connectivity index (χ0n) is 10.5. The van der Waals surface area contributed by atoms with Crippen molar-refractivity contribution < 1.29 is 14.3 Å². The number of phenolic OH excluding ortho intramolecular Hbond substituents is 1. The maximum absolute atomic E-state index is 12.7. The first-order valence-corrected chi connectivity index (χ1v) is 7.61. The molecule has 1 amide bonds. The Morgan fingerprint density at radius 3 is 2.62 bits per heavy atom. The predicted octanol–water partition coefficient (Wildman–Crippen LogP) is 3.66. The Bertz CT molecular complexity index is 682. The van der Waals surface area contributed by atoms with Crippen LogP contribution in [0.1, 0.15) is 15.9 Å². The number of hydrazone groups is 1. The maximum Gasteiger partial charge on any atom is 0.271 e. The Balaban J connectivity index is 2.05. The summed E-state index contributed by atoms with van der Waals surface area (Å²) in [5.41, 5.74) is 3.37. The minimum Gasteiger partial charge on any atom is -0.506 e. The van der Waals surface area contributed by atoms with E-state index in [0.717, 1.165) is 0 Å². The molecule has 0 unspecified atom stereocenters. The SMILES string of the molecule is O=C(N/N=C\c1cc(Br)c(O)c(I)c1)c1ccc(F)cc1. The molecule has 0 atom stereocenters. The van der Waals surface area contributed by atoms with Gasteiger partial charge in [0.2, 0.25) is 0 Å². The van der Waals surface area contributed by atoms with Gasteiger partial charge in [0, 0.05) is 5.56 Å². The van der Waals surface area contributed by atoms with Gasteiger partial charge < -0.3 is 5.11 Å². The lowest BCUT2D eigenvalue weighted by atomic mass is 10.2. The van der Waals surface area contributed by atoms with Crippen LogP contribution in [0, 0.1) is 9.39 Å². The van der Waals surface area contributed by atoms with Gasteiger partial charge in [0.25, 0.3) is 5.91 Å². The largest absolute Gasteiger partial charge is 0.506 e. The summed E-state index contributed by atoms with van der Waals surface area (Å²) in [5.74, 6) is -0.680. The first kappa shape index (κ1) is 15.9. The summed E-state index contributed by atoms with van der Waals surface area (Å²) in [6.45, 7) is 0. The number of amides is 1. The lowest BCUT2D eigenvalue weighted by Gasteiger charge is -2.02. The number of nitrogens with zero attached hydrogens (tertiary/aromatic N) is 1. The summed E-state index contributed by atoms with van der Waals surface area (Å²) in [6, 6.07) is 8.55. The van der Waals surface area contributed by atoms with E-state index in [1.54, 1.807) is 12.1 Å². The van der Waals surface area contributed by atoms with Crippen molar-refractivity contribution in [1.29, 1.82) is 0 Å². The summed E-state index contributed by atoms with van der Waals surface area (Å²) in [6.07, 6.45) is 1.45. The van der Waals surface area contributed by atoms with Gasteiger partial charge in [-0.15, -0.1) is 0 Å². The van der Waals surface area contributed by atoms with Gasteiger partial charge in [-0.3, -0.25) is 4.79 Å². The molecule has 0 spiro atoms. The Hall–Kier alpha value is -1.48. The van der Waals surface area contributed by atoms with E-state index in [2.05, 4.69) is 26.5 Å². The molecule has 0 heterocycles. The van der Waals surface area contributed by atoms with Gasteiger partial charge in [-0.25, -0.2) is 9.82 Å². The zero-order valence-corrected chi connectivity index (χ0v) is 14.2. The minimum atomic E-state index is -0.432. The minimum absolute atomic E-state index is 0.156. The fourth-order valence-corrected chi connectivity index (χ4v) is 2.99. The number of carbonyl (C=O) groups is 1. The predicted molar refractivity (Wildman–Crippen MR) is 90.0 cm³/mol. The molecule has 0 aliphatic rings. The van der Waals surface area contributed by atoms with Gasteiger partial charge in [0.1, 0.15) is 11.6 Å². The molecule has 0 bridgehead atoms.